The first-order valence-corrected chi connectivity index (χ1v) is 10.1. The molecule has 0 radical (unpaired) electrons. The van der Waals surface area contributed by atoms with Gasteiger partial charge in [-0.2, -0.15) is 4.31 Å². The minimum atomic E-state index is -3.26. The summed E-state index contributed by atoms with van der Waals surface area (Å²) in [6, 6.07) is 9.31. The number of sulfonamides is 1. The SMILES string of the molecule is CCCCNC(=S)N1CCN(S(=O)(=O)Cc2ccccc2)CC1. The van der Waals surface area contributed by atoms with Gasteiger partial charge >= 0.3 is 0 Å². The van der Waals surface area contributed by atoms with Crippen LogP contribution in [0.4, 0.5) is 0 Å². The maximum Gasteiger partial charge on any atom is 0.218 e. The van der Waals surface area contributed by atoms with Crippen molar-refractivity contribution in [1.29, 1.82) is 0 Å². The van der Waals surface area contributed by atoms with Crippen molar-refractivity contribution >= 4 is 27.4 Å². The van der Waals surface area contributed by atoms with Gasteiger partial charge in [0.2, 0.25) is 10.0 Å². The normalized spacial score (nSPS) is 16.3. The van der Waals surface area contributed by atoms with Crippen LogP contribution in [-0.4, -0.2) is 55.5 Å². The summed E-state index contributed by atoms with van der Waals surface area (Å²) in [5.74, 6) is 0.0625. The Kier molecular flexibility index (Phi) is 6.80. The molecule has 1 fully saturated rings. The molecule has 7 heteroatoms. The molecule has 1 heterocycles. The van der Waals surface area contributed by atoms with Crippen molar-refractivity contribution in [1.82, 2.24) is 14.5 Å². The summed E-state index contributed by atoms with van der Waals surface area (Å²) in [7, 11) is -3.26. The average Bonchev–Trinajstić information content (AvgIpc) is 2.55. The molecule has 1 aromatic rings. The van der Waals surface area contributed by atoms with E-state index in [-0.39, 0.29) is 5.75 Å². The highest BCUT2D eigenvalue weighted by Gasteiger charge is 2.27. The first kappa shape index (κ1) is 18.2. The lowest BCUT2D eigenvalue weighted by atomic mass is 10.2. The quantitative estimate of drug-likeness (QED) is 0.623. The molecule has 0 bridgehead atoms. The van der Waals surface area contributed by atoms with Crippen molar-refractivity contribution in [2.75, 3.05) is 32.7 Å². The van der Waals surface area contributed by atoms with Crippen LogP contribution in [-0.2, 0) is 15.8 Å². The monoisotopic (exact) mass is 355 g/mol. The molecule has 1 aliphatic heterocycles. The van der Waals surface area contributed by atoms with E-state index >= 15 is 0 Å². The zero-order chi connectivity index (χ0) is 16.7. The molecule has 0 amide bonds. The highest BCUT2D eigenvalue weighted by Crippen LogP contribution is 2.13. The number of nitrogens with one attached hydrogen (secondary N) is 1. The first-order chi connectivity index (χ1) is 11.0. The Bertz CT molecular complexity index is 597. The molecule has 0 aliphatic carbocycles. The number of thiocarbonyl (C=S) groups is 1. The summed E-state index contributed by atoms with van der Waals surface area (Å²) in [5.41, 5.74) is 0.826. The van der Waals surface area contributed by atoms with Crippen molar-refractivity contribution in [3.63, 3.8) is 0 Å². The molecule has 23 heavy (non-hydrogen) atoms. The maximum atomic E-state index is 12.5. The lowest BCUT2D eigenvalue weighted by Gasteiger charge is -2.35. The summed E-state index contributed by atoms with van der Waals surface area (Å²) in [6.45, 7) is 5.29. The fourth-order valence-electron chi connectivity index (χ4n) is 2.53. The van der Waals surface area contributed by atoms with Crippen LogP contribution in [0.1, 0.15) is 25.3 Å². The molecule has 128 valence electrons. The standard InChI is InChI=1S/C16H25N3O2S2/c1-2-3-9-17-16(22)18-10-12-19(13-11-18)23(20,21)14-15-7-5-4-6-8-15/h4-8H,2-3,9-14H2,1H3,(H,17,22). The van der Waals surface area contributed by atoms with Crippen LogP contribution in [0.25, 0.3) is 0 Å². The summed E-state index contributed by atoms with van der Waals surface area (Å²) in [5, 5.41) is 3.97. The molecule has 2 rings (SSSR count). The van der Waals surface area contributed by atoms with Gasteiger partial charge in [0.05, 0.1) is 5.75 Å². The number of rotatable bonds is 6. The van der Waals surface area contributed by atoms with Gasteiger partial charge in [-0.3, -0.25) is 0 Å². The minimum absolute atomic E-state index is 0.0625. The summed E-state index contributed by atoms with van der Waals surface area (Å²) in [4.78, 5) is 2.06. The lowest BCUT2D eigenvalue weighted by Crippen LogP contribution is -2.53. The Morgan fingerprint density at radius 1 is 1.17 bits per heavy atom. The van der Waals surface area contributed by atoms with E-state index in [4.69, 9.17) is 12.2 Å². The van der Waals surface area contributed by atoms with Crippen LogP contribution in [0.5, 0.6) is 0 Å². The highest BCUT2D eigenvalue weighted by atomic mass is 32.2. The third-order valence-electron chi connectivity index (χ3n) is 3.92. The van der Waals surface area contributed by atoms with Gasteiger partial charge in [-0.1, -0.05) is 43.7 Å². The average molecular weight is 356 g/mol. The number of piperazine rings is 1. The van der Waals surface area contributed by atoms with E-state index in [1.807, 2.05) is 30.3 Å². The number of nitrogens with zero attached hydrogens (tertiary/aromatic N) is 2. The molecule has 5 nitrogen and oxygen atoms in total. The Hall–Kier alpha value is -1.18. The fourth-order valence-corrected chi connectivity index (χ4v) is 4.33. The molecule has 1 saturated heterocycles. The van der Waals surface area contributed by atoms with E-state index in [0.29, 0.717) is 26.2 Å². The minimum Gasteiger partial charge on any atom is -0.363 e. The zero-order valence-corrected chi connectivity index (χ0v) is 15.2. The third-order valence-corrected chi connectivity index (χ3v) is 6.17. The fraction of sp³-hybridized carbons (Fsp3) is 0.562. The van der Waals surface area contributed by atoms with Gasteiger partial charge in [0.1, 0.15) is 0 Å². The Labute approximate surface area is 144 Å². The van der Waals surface area contributed by atoms with Gasteiger partial charge in [-0.15, -0.1) is 0 Å². The van der Waals surface area contributed by atoms with Gasteiger partial charge in [-0.25, -0.2) is 8.42 Å². The zero-order valence-electron chi connectivity index (χ0n) is 13.6. The van der Waals surface area contributed by atoms with E-state index < -0.39 is 10.0 Å². The second-order valence-electron chi connectivity index (χ2n) is 5.71. The lowest BCUT2D eigenvalue weighted by molar-refractivity contribution is 0.263. The number of benzene rings is 1. The smallest absolute Gasteiger partial charge is 0.218 e. The van der Waals surface area contributed by atoms with E-state index in [9.17, 15) is 8.42 Å². The molecule has 0 aromatic heterocycles. The number of hydrogen-bond acceptors (Lipinski definition) is 3. The Morgan fingerprint density at radius 2 is 1.83 bits per heavy atom. The molecule has 0 spiro atoms. The molecule has 0 atom stereocenters. The topological polar surface area (TPSA) is 52.6 Å². The Morgan fingerprint density at radius 3 is 2.43 bits per heavy atom. The maximum absolute atomic E-state index is 12.5. The van der Waals surface area contributed by atoms with Crippen LogP contribution in [0.15, 0.2) is 30.3 Å². The second-order valence-corrected chi connectivity index (χ2v) is 8.07. The summed E-state index contributed by atoms with van der Waals surface area (Å²) < 4.78 is 26.6. The number of hydrogen-bond donors (Lipinski definition) is 1. The summed E-state index contributed by atoms with van der Waals surface area (Å²) >= 11 is 5.37. The summed E-state index contributed by atoms with van der Waals surface area (Å²) in [6.07, 6.45) is 2.21. The molecule has 0 unspecified atom stereocenters. The highest BCUT2D eigenvalue weighted by molar-refractivity contribution is 7.88. The van der Waals surface area contributed by atoms with Crippen molar-refractivity contribution in [3.8, 4) is 0 Å². The molecule has 1 N–H and O–H groups in total. The molecular weight excluding hydrogens is 330 g/mol. The van der Waals surface area contributed by atoms with Crippen LogP contribution >= 0.6 is 12.2 Å². The van der Waals surface area contributed by atoms with Crippen LogP contribution in [0, 0.1) is 0 Å². The molecule has 1 aliphatic rings. The molecule has 1 aromatic carbocycles. The molecular formula is C16H25N3O2S2. The molecule has 0 saturated carbocycles. The van der Waals surface area contributed by atoms with Crippen molar-refractivity contribution in [2.45, 2.75) is 25.5 Å². The number of unbranched alkanes of at least 4 members (excludes halogenated alkanes) is 1. The van der Waals surface area contributed by atoms with E-state index in [1.165, 1.54) is 0 Å². The van der Waals surface area contributed by atoms with E-state index in [0.717, 1.165) is 30.1 Å². The third kappa shape index (κ3) is 5.44. The van der Waals surface area contributed by atoms with Gasteiger partial charge in [0.25, 0.3) is 0 Å². The van der Waals surface area contributed by atoms with Gasteiger partial charge in [0.15, 0.2) is 5.11 Å². The van der Waals surface area contributed by atoms with Crippen molar-refractivity contribution in [2.24, 2.45) is 0 Å². The van der Waals surface area contributed by atoms with Crippen molar-refractivity contribution in [3.05, 3.63) is 35.9 Å². The van der Waals surface area contributed by atoms with E-state index in [2.05, 4.69) is 17.1 Å². The van der Waals surface area contributed by atoms with Crippen LogP contribution in [0.2, 0.25) is 0 Å². The van der Waals surface area contributed by atoms with Crippen LogP contribution in [0.3, 0.4) is 0 Å². The second kappa shape index (κ2) is 8.61. The predicted molar refractivity (Wildman–Crippen MR) is 97.7 cm³/mol. The van der Waals surface area contributed by atoms with Gasteiger partial charge in [-0.05, 0) is 24.2 Å². The van der Waals surface area contributed by atoms with E-state index in [1.54, 1.807) is 4.31 Å². The van der Waals surface area contributed by atoms with Crippen LogP contribution < -0.4 is 5.32 Å². The predicted octanol–water partition coefficient (Wildman–Crippen LogP) is 1.81. The first-order valence-electron chi connectivity index (χ1n) is 8.07. The van der Waals surface area contributed by atoms with Gasteiger partial charge < -0.3 is 10.2 Å². The Balaban J connectivity index is 1.84. The van der Waals surface area contributed by atoms with Crippen molar-refractivity contribution < 1.29 is 8.42 Å². The largest absolute Gasteiger partial charge is 0.363 e. The van der Waals surface area contributed by atoms with Gasteiger partial charge in [0, 0.05) is 32.7 Å².